The molecule has 0 unspecified atom stereocenters. The fourth-order valence-corrected chi connectivity index (χ4v) is 1.65. The zero-order valence-corrected chi connectivity index (χ0v) is 11.7. The average molecular weight is 285 g/mol. The van der Waals surface area contributed by atoms with E-state index >= 15 is 0 Å². The second-order valence-electron chi connectivity index (χ2n) is 3.98. The van der Waals surface area contributed by atoms with Crippen molar-refractivity contribution in [3.05, 3.63) is 29.6 Å². The van der Waals surface area contributed by atoms with Gasteiger partial charge in [0.05, 0.1) is 12.2 Å². The summed E-state index contributed by atoms with van der Waals surface area (Å²) in [5.74, 6) is -1.16. The summed E-state index contributed by atoms with van der Waals surface area (Å²) >= 11 is 0. The number of hydrogen-bond donors (Lipinski definition) is 1. The molecule has 0 saturated heterocycles. The van der Waals surface area contributed by atoms with Gasteiger partial charge in [-0.15, -0.1) is 0 Å². The molecule has 0 aliphatic carbocycles. The molecule has 1 rings (SSSR count). The van der Waals surface area contributed by atoms with Gasteiger partial charge in [0.1, 0.15) is 11.6 Å². The van der Waals surface area contributed by atoms with Crippen molar-refractivity contribution in [1.29, 1.82) is 0 Å². The minimum absolute atomic E-state index is 0.154. The molecule has 0 fully saturated rings. The van der Waals surface area contributed by atoms with E-state index in [-0.39, 0.29) is 11.9 Å². The van der Waals surface area contributed by atoms with Crippen LogP contribution in [0.5, 0.6) is 5.75 Å². The molecule has 6 heteroatoms. The quantitative estimate of drug-likeness (QED) is 0.705. The Balaban J connectivity index is 2.49. The number of nitrogens with two attached hydrogens (primary N) is 1. The van der Waals surface area contributed by atoms with Crippen LogP contribution in [0.2, 0.25) is 0 Å². The van der Waals surface area contributed by atoms with Gasteiger partial charge in [0.25, 0.3) is 5.91 Å². The van der Waals surface area contributed by atoms with E-state index in [1.165, 1.54) is 12.1 Å². The minimum Gasteiger partial charge on any atom is -0.493 e. The maximum atomic E-state index is 13.5. The highest BCUT2D eigenvalue weighted by Gasteiger charge is 2.11. The molecule has 2 N–H and O–H groups in total. The zero-order valence-electron chi connectivity index (χ0n) is 11.7. The Morgan fingerprint density at radius 1 is 1.30 bits per heavy atom. The Morgan fingerprint density at radius 2 is 1.95 bits per heavy atom. The van der Waals surface area contributed by atoms with Gasteiger partial charge < -0.3 is 19.9 Å². The lowest BCUT2D eigenvalue weighted by atomic mass is 10.2. The number of primary amides is 1. The fourth-order valence-electron chi connectivity index (χ4n) is 1.65. The highest BCUT2D eigenvalue weighted by molar-refractivity contribution is 5.93. The van der Waals surface area contributed by atoms with E-state index in [1.54, 1.807) is 0 Å². The van der Waals surface area contributed by atoms with E-state index in [1.807, 2.05) is 13.8 Å². The van der Waals surface area contributed by atoms with Crippen molar-refractivity contribution in [2.24, 2.45) is 5.73 Å². The fraction of sp³-hybridized carbons (Fsp3) is 0.500. The summed E-state index contributed by atoms with van der Waals surface area (Å²) in [6.45, 7) is 5.18. The van der Waals surface area contributed by atoms with Crippen LogP contribution < -0.4 is 10.5 Å². The number of carbonyl (C=O) groups is 1. The first-order valence-electron chi connectivity index (χ1n) is 6.53. The maximum Gasteiger partial charge on any atom is 0.251 e. The third kappa shape index (κ3) is 5.14. The molecule has 0 aromatic heterocycles. The summed E-state index contributed by atoms with van der Waals surface area (Å²) in [4.78, 5) is 10.9. The van der Waals surface area contributed by atoms with E-state index < -0.39 is 11.7 Å². The van der Waals surface area contributed by atoms with E-state index in [9.17, 15) is 9.18 Å². The van der Waals surface area contributed by atoms with E-state index in [2.05, 4.69) is 0 Å². The van der Waals surface area contributed by atoms with Crippen LogP contribution >= 0.6 is 0 Å². The molecule has 0 radical (unpaired) electrons. The molecule has 5 nitrogen and oxygen atoms in total. The van der Waals surface area contributed by atoms with Gasteiger partial charge in [0.2, 0.25) is 0 Å². The summed E-state index contributed by atoms with van der Waals surface area (Å²) in [5, 5.41) is 0. The molecule has 1 amide bonds. The summed E-state index contributed by atoms with van der Waals surface area (Å²) in [6.07, 6.45) is 0.195. The summed E-state index contributed by atoms with van der Waals surface area (Å²) in [7, 11) is 0. The maximum absolute atomic E-state index is 13.5. The second kappa shape index (κ2) is 8.50. The van der Waals surface area contributed by atoms with Gasteiger partial charge in [-0.1, -0.05) is 0 Å². The molecule has 0 bridgehead atoms. The van der Waals surface area contributed by atoms with Gasteiger partial charge in [0, 0.05) is 25.7 Å². The Labute approximate surface area is 117 Å². The number of halogens is 1. The number of rotatable bonds is 9. The first-order chi connectivity index (χ1) is 9.58. The average Bonchev–Trinajstić information content (AvgIpc) is 2.39. The summed E-state index contributed by atoms with van der Waals surface area (Å²) in [5.41, 5.74) is 4.86. The predicted octanol–water partition coefficient (Wildman–Crippen LogP) is 2.09. The standard InChI is InChI=1S/C14H20FNO4/c1-3-18-13(19-4-2)7-8-20-10-5-6-11(14(16)17)12(15)9-10/h5-6,9,13H,3-4,7-8H2,1-2H3,(H2,16,17). The third-order valence-electron chi connectivity index (χ3n) is 2.53. The Kier molecular flexibility index (Phi) is 6.97. The Bertz CT molecular complexity index is 433. The van der Waals surface area contributed by atoms with Crippen LogP contribution in [0, 0.1) is 5.82 Å². The predicted molar refractivity (Wildman–Crippen MR) is 72.1 cm³/mol. The third-order valence-corrected chi connectivity index (χ3v) is 2.53. The van der Waals surface area contributed by atoms with E-state index in [0.717, 1.165) is 6.07 Å². The zero-order chi connectivity index (χ0) is 15.0. The molecule has 112 valence electrons. The number of hydrogen-bond acceptors (Lipinski definition) is 4. The lowest BCUT2D eigenvalue weighted by Gasteiger charge is -2.17. The van der Waals surface area contributed by atoms with Gasteiger partial charge in [-0.05, 0) is 26.0 Å². The number of ether oxygens (including phenoxy) is 3. The summed E-state index contributed by atoms with van der Waals surface area (Å²) < 4.78 is 29.6. The lowest BCUT2D eigenvalue weighted by molar-refractivity contribution is -0.142. The van der Waals surface area contributed by atoms with Gasteiger partial charge >= 0.3 is 0 Å². The van der Waals surface area contributed by atoms with Crippen molar-refractivity contribution in [3.8, 4) is 5.75 Å². The molecule has 0 aliphatic rings. The van der Waals surface area contributed by atoms with Crippen LogP contribution in [-0.2, 0) is 9.47 Å². The molecule has 0 heterocycles. The van der Waals surface area contributed by atoms with Crippen LogP contribution in [-0.4, -0.2) is 32.0 Å². The van der Waals surface area contributed by atoms with Crippen LogP contribution in [0.25, 0.3) is 0 Å². The van der Waals surface area contributed by atoms with Crippen molar-refractivity contribution in [2.75, 3.05) is 19.8 Å². The monoisotopic (exact) mass is 285 g/mol. The first kappa shape index (κ1) is 16.4. The molecule has 1 aromatic carbocycles. The SMILES string of the molecule is CCOC(CCOc1ccc(C(N)=O)c(F)c1)OCC. The van der Waals surface area contributed by atoms with Crippen LogP contribution in [0.1, 0.15) is 30.6 Å². The Hall–Kier alpha value is -1.66. The largest absolute Gasteiger partial charge is 0.493 e. The number of benzene rings is 1. The highest BCUT2D eigenvalue weighted by Crippen LogP contribution is 2.17. The topological polar surface area (TPSA) is 70.8 Å². The lowest BCUT2D eigenvalue weighted by Crippen LogP contribution is -2.20. The number of carbonyl (C=O) groups excluding carboxylic acids is 1. The van der Waals surface area contributed by atoms with Crippen molar-refractivity contribution in [2.45, 2.75) is 26.6 Å². The minimum atomic E-state index is -0.804. The molecular formula is C14H20FNO4. The molecule has 0 saturated carbocycles. The highest BCUT2D eigenvalue weighted by atomic mass is 19.1. The van der Waals surface area contributed by atoms with Crippen LogP contribution in [0.15, 0.2) is 18.2 Å². The van der Waals surface area contributed by atoms with Gasteiger partial charge in [-0.2, -0.15) is 0 Å². The van der Waals surface area contributed by atoms with E-state index in [0.29, 0.717) is 32.0 Å². The number of amides is 1. The normalized spacial score (nSPS) is 10.8. The van der Waals surface area contributed by atoms with Crippen molar-refractivity contribution in [1.82, 2.24) is 0 Å². The van der Waals surface area contributed by atoms with E-state index in [4.69, 9.17) is 19.9 Å². The van der Waals surface area contributed by atoms with Gasteiger partial charge in [0.15, 0.2) is 6.29 Å². The van der Waals surface area contributed by atoms with Gasteiger partial charge in [-0.25, -0.2) is 4.39 Å². The van der Waals surface area contributed by atoms with Crippen LogP contribution in [0.4, 0.5) is 4.39 Å². The molecule has 0 spiro atoms. The van der Waals surface area contributed by atoms with Crippen molar-refractivity contribution < 1.29 is 23.4 Å². The molecular weight excluding hydrogens is 265 g/mol. The van der Waals surface area contributed by atoms with Crippen LogP contribution in [0.3, 0.4) is 0 Å². The molecule has 0 atom stereocenters. The van der Waals surface area contributed by atoms with Crippen molar-refractivity contribution >= 4 is 5.91 Å². The molecule has 0 aliphatic heterocycles. The van der Waals surface area contributed by atoms with Crippen molar-refractivity contribution in [3.63, 3.8) is 0 Å². The first-order valence-corrected chi connectivity index (χ1v) is 6.53. The molecule has 20 heavy (non-hydrogen) atoms. The van der Waals surface area contributed by atoms with Gasteiger partial charge in [-0.3, -0.25) is 4.79 Å². The molecule has 1 aromatic rings. The second-order valence-corrected chi connectivity index (χ2v) is 3.98. The Morgan fingerprint density at radius 3 is 2.45 bits per heavy atom. The smallest absolute Gasteiger partial charge is 0.251 e. The summed E-state index contributed by atoms with van der Waals surface area (Å²) in [6, 6.07) is 3.94.